The van der Waals surface area contributed by atoms with Gasteiger partial charge in [-0.3, -0.25) is 0 Å². The number of aliphatic hydroxyl groups excluding tert-OH is 1. The second-order valence-electron chi connectivity index (χ2n) is 3.17. The summed E-state index contributed by atoms with van der Waals surface area (Å²) < 4.78 is 18.0. The molecule has 0 aliphatic rings. The lowest BCUT2D eigenvalue weighted by Crippen LogP contribution is -2.14. The van der Waals surface area contributed by atoms with Crippen molar-refractivity contribution in [1.82, 2.24) is 0 Å². The van der Waals surface area contributed by atoms with Gasteiger partial charge in [-0.15, -0.1) is 0 Å². The molecule has 1 unspecified atom stereocenters. The summed E-state index contributed by atoms with van der Waals surface area (Å²) in [6.45, 7) is 5.22. The van der Waals surface area contributed by atoms with E-state index in [4.69, 9.17) is 0 Å². The zero-order valence-electron chi connectivity index (χ0n) is 8.94. The Morgan fingerprint density at radius 2 is 2.19 bits per heavy atom. The van der Waals surface area contributed by atoms with Crippen molar-refractivity contribution in [2.45, 2.75) is 13.0 Å². The molecule has 1 rings (SSSR count). The first kappa shape index (κ1) is 12.4. The van der Waals surface area contributed by atoms with Crippen LogP contribution in [0.3, 0.4) is 0 Å². The predicted molar refractivity (Wildman–Crippen MR) is 57.1 cm³/mol. The molecule has 86 valence electrons. The number of aliphatic hydroxyl groups is 1. The van der Waals surface area contributed by atoms with E-state index in [-0.39, 0.29) is 17.7 Å². The molecule has 0 aliphatic carbocycles. The number of halogens is 1. The summed E-state index contributed by atoms with van der Waals surface area (Å²) in [7, 11) is 0. The van der Waals surface area contributed by atoms with Crippen LogP contribution in [-0.4, -0.2) is 17.7 Å². The van der Waals surface area contributed by atoms with Crippen LogP contribution in [0.25, 0.3) is 0 Å². The first-order valence-corrected chi connectivity index (χ1v) is 4.86. The molecule has 4 heteroatoms. The Morgan fingerprint density at radius 3 is 2.75 bits per heavy atom. The van der Waals surface area contributed by atoms with Gasteiger partial charge in [0.05, 0.1) is 12.2 Å². The van der Waals surface area contributed by atoms with Crippen LogP contribution in [-0.2, 0) is 9.53 Å². The fourth-order valence-corrected chi connectivity index (χ4v) is 1.22. The Bertz CT molecular complexity index is 401. The minimum absolute atomic E-state index is 0.0144. The summed E-state index contributed by atoms with van der Waals surface area (Å²) in [4.78, 5) is 11.3. The quantitative estimate of drug-likeness (QED) is 0.628. The van der Waals surface area contributed by atoms with Gasteiger partial charge >= 0.3 is 5.97 Å². The van der Waals surface area contributed by atoms with E-state index in [1.807, 2.05) is 0 Å². The monoisotopic (exact) mass is 224 g/mol. The highest BCUT2D eigenvalue weighted by atomic mass is 19.1. The molecule has 0 bridgehead atoms. The molecule has 0 heterocycles. The topological polar surface area (TPSA) is 46.5 Å². The third-order valence-electron chi connectivity index (χ3n) is 2.07. The van der Waals surface area contributed by atoms with Gasteiger partial charge in [-0.05, 0) is 13.0 Å². The molecule has 16 heavy (non-hydrogen) atoms. The fraction of sp³-hybridized carbons (Fsp3) is 0.250. The molecule has 1 aromatic carbocycles. The highest BCUT2D eigenvalue weighted by Crippen LogP contribution is 2.23. The SMILES string of the molecule is C=C(C(=O)OCC)C(O)c1ccccc1F. The number of esters is 1. The Balaban J connectivity index is 2.86. The zero-order valence-corrected chi connectivity index (χ0v) is 8.94. The van der Waals surface area contributed by atoms with Crippen LogP contribution >= 0.6 is 0 Å². The molecule has 0 spiro atoms. The molecule has 1 atom stereocenters. The minimum atomic E-state index is -1.37. The second-order valence-corrected chi connectivity index (χ2v) is 3.17. The van der Waals surface area contributed by atoms with Crippen LogP contribution in [0.4, 0.5) is 4.39 Å². The normalized spacial score (nSPS) is 11.9. The Labute approximate surface area is 93.2 Å². The molecular formula is C12H13FO3. The largest absolute Gasteiger partial charge is 0.463 e. The smallest absolute Gasteiger partial charge is 0.336 e. The Hall–Kier alpha value is -1.68. The van der Waals surface area contributed by atoms with E-state index in [1.165, 1.54) is 18.2 Å². The van der Waals surface area contributed by atoms with Gasteiger partial charge < -0.3 is 9.84 Å². The average Bonchev–Trinajstić information content (AvgIpc) is 2.28. The lowest BCUT2D eigenvalue weighted by atomic mass is 10.0. The van der Waals surface area contributed by atoms with Crippen molar-refractivity contribution >= 4 is 5.97 Å². The van der Waals surface area contributed by atoms with Crippen LogP contribution in [0.15, 0.2) is 36.4 Å². The van der Waals surface area contributed by atoms with Crippen LogP contribution in [0.1, 0.15) is 18.6 Å². The summed E-state index contributed by atoms with van der Waals surface area (Å²) in [6, 6.07) is 5.67. The van der Waals surface area contributed by atoms with Gasteiger partial charge in [-0.1, -0.05) is 24.8 Å². The first-order valence-electron chi connectivity index (χ1n) is 4.86. The third kappa shape index (κ3) is 2.67. The molecule has 1 N–H and O–H groups in total. The van der Waals surface area contributed by atoms with Gasteiger partial charge in [0, 0.05) is 5.56 Å². The fourth-order valence-electron chi connectivity index (χ4n) is 1.22. The maximum atomic E-state index is 13.3. The molecule has 0 saturated carbocycles. The molecular weight excluding hydrogens is 211 g/mol. The average molecular weight is 224 g/mol. The summed E-state index contributed by atoms with van der Waals surface area (Å²) in [6.07, 6.45) is -1.37. The van der Waals surface area contributed by atoms with E-state index >= 15 is 0 Å². The van der Waals surface area contributed by atoms with Crippen molar-refractivity contribution in [3.8, 4) is 0 Å². The lowest BCUT2D eigenvalue weighted by Gasteiger charge is -2.13. The van der Waals surface area contributed by atoms with Crippen molar-refractivity contribution in [1.29, 1.82) is 0 Å². The number of hydrogen-bond donors (Lipinski definition) is 1. The predicted octanol–water partition coefficient (Wildman–Crippen LogP) is 1.98. The number of rotatable bonds is 4. The standard InChI is InChI=1S/C12H13FO3/c1-3-16-12(15)8(2)11(14)9-6-4-5-7-10(9)13/h4-7,11,14H,2-3H2,1H3. The van der Waals surface area contributed by atoms with Gasteiger partial charge in [0.1, 0.15) is 11.9 Å². The third-order valence-corrected chi connectivity index (χ3v) is 2.07. The molecule has 3 nitrogen and oxygen atoms in total. The van der Waals surface area contributed by atoms with Gasteiger partial charge in [0.25, 0.3) is 0 Å². The van der Waals surface area contributed by atoms with Gasteiger partial charge in [-0.2, -0.15) is 0 Å². The molecule has 0 radical (unpaired) electrons. The van der Waals surface area contributed by atoms with E-state index in [0.29, 0.717) is 0 Å². The van der Waals surface area contributed by atoms with Gasteiger partial charge in [0.15, 0.2) is 0 Å². The summed E-state index contributed by atoms with van der Waals surface area (Å²) in [5.41, 5.74) is -0.160. The van der Waals surface area contributed by atoms with E-state index in [2.05, 4.69) is 11.3 Å². The molecule has 0 amide bonds. The van der Waals surface area contributed by atoms with Crippen molar-refractivity contribution in [3.63, 3.8) is 0 Å². The zero-order chi connectivity index (χ0) is 12.1. The van der Waals surface area contributed by atoms with Crippen molar-refractivity contribution in [2.75, 3.05) is 6.61 Å². The molecule has 0 aromatic heterocycles. The van der Waals surface area contributed by atoms with E-state index in [0.717, 1.165) is 0 Å². The van der Waals surface area contributed by atoms with Crippen molar-refractivity contribution in [3.05, 3.63) is 47.8 Å². The molecule has 0 aliphatic heterocycles. The summed E-state index contributed by atoms with van der Waals surface area (Å²) in [5.74, 6) is -1.31. The number of ether oxygens (including phenoxy) is 1. The van der Waals surface area contributed by atoms with Crippen LogP contribution < -0.4 is 0 Å². The lowest BCUT2D eigenvalue weighted by molar-refractivity contribution is -0.139. The van der Waals surface area contributed by atoms with E-state index in [1.54, 1.807) is 13.0 Å². The summed E-state index contributed by atoms with van der Waals surface area (Å²) >= 11 is 0. The highest BCUT2D eigenvalue weighted by Gasteiger charge is 2.21. The van der Waals surface area contributed by atoms with Gasteiger partial charge in [-0.25, -0.2) is 9.18 Å². The van der Waals surface area contributed by atoms with Crippen molar-refractivity contribution < 1.29 is 19.0 Å². The first-order chi connectivity index (χ1) is 7.57. The van der Waals surface area contributed by atoms with E-state index < -0.39 is 17.9 Å². The highest BCUT2D eigenvalue weighted by molar-refractivity contribution is 5.89. The van der Waals surface area contributed by atoms with Crippen LogP contribution in [0, 0.1) is 5.82 Å². The number of carbonyl (C=O) groups is 1. The maximum absolute atomic E-state index is 13.3. The second kappa shape index (κ2) is 5.42. The maximum Gasteiger partial charge on any atom is 0.336 e. The van der Waals surface area contributed by atoms with Crippen molar-refractivity contribution in [2.24, 2.45) is 0 Å². The number of hydrogen-bond acceptors (Lipinski definition) is 3. The summed E-state index contributed by atoms with van der Waals surface area (Å²) in [5, 5.41) is 9.73. The Morgan fingerprint density at radius 1 is 1.56 bits per heavy atom. The Kier molecular flexibility index (Phi) is 4.19. The van der Waals surface area contributed by atoms with Gasteiger partial charge in [0.2, 0.25) is 0 Å². The molecule has 0 saturated heterocycles. The number of carbonyl (C=O) groups excluding carboxylic acids is 1. The van der Waals surface area contributed by atoms with Crippen LogP contribution in [0.5, 0.6) is 0 Å². The van der Waals surface area contributed by atoms with E-state index in [9.17, 15) is 14.3 Å². The number of benzene rings is 1. The minimum Gasteiger partial charge on any atom is -0.463 e. The van der Waals surface area contributed by atoms with Crippen LogP contribution in [0.2, 0.25) is 0 Å². The molecule has 0 fully saturated rings. The molecule has 1 aromatic rings.